The summed E-state index contributed by atoms with van der Waals surface area (Å²) in [6, 6.07) is 10.6. The minimum Gasteiger partial charge on any atom is -0.496 e. The Kier molecular flexibility index (Phi) is 8.46. The molecule has 0 radical (unpaired) electrons. The second kappa shape index (κ2) is 11.3. The molecule has 9 heteroatoms. The third-order valence-electron chi connectivity index (χ3n) is 5.48. The van der Waals surface area contributed by atoms with Crippen LogP contribution in [0.4, 0.5) is 5.69 Å². The maximum atomic E-state index is 13.0. The molecule has 2 aromatic rings. The summed E-state index contributed by atoms with van der Waals surface area (Å²) in [6.45, 7) is 3.33. The standard InChI is InChI=1S/C24H30N2O6S/c1-3-4-16-32-24(28)18-8-10-19(11-9-18)25-23(27)21-17-20(12-13-22(21)31-2)33(29,30)26-14-6-5-7-15-26/h8-13,17H,3-7,14-16H2,1-2H3,(H,25,27). The molecule has 0 bridgehead atoms. The molecule has 0 aromatic heterocycles. The van der Waals surface area contributed by atoms with Crippen LogP contribution >= 0.6 is 0 Å². The Balaban J connectivity index is 1.76. The van der Waals surface area contributed by atoms with Crippen molar-refractivity contribution >= 4 is 27.6 Å². The van der Waals surface area contributed by atoms with E-state index in [0.717, 1.165) is 32.1 Å². The van der Waals surface area contributed by atoms with Crippen molar-refractivity contribution in [1.82, 2.24) is 4.31 Å². The smallest absolute Gasteiger partial charge is 0.338 e. The lowest BCUT2D eigenvalue weighted by Gasteiger charge is -2.26. The highest BCUT2D eigenvalue weighted by molar-refractivity contribution is 7.89. The van der Waals surface area contributed by atoms with E-state index in [1.807, 2.05) is 6.92 Å². The number of sulfonamides is 1. The van der Waals surface area contributed by atoms with Crippen molar-refractivity contribution in [3.8, 4) is 5.75 Å². The van der Waals surface area contributed by atoms with Gasteiger partial charge in [-0.2, -0.15) is 4.31 Å². The largest absolute Gasteiger partial charge is 0.496 e. The van der Waals surface area contributed by atoms with Gasteiger partial charge in [-0.15, -0.1) is 0 Å². The fourth-order valence-electron chi connectivity index (χ4n) is 3.56. The van der Waals surface area contributed by atoms with Gasteiger partial charge < -0.3 is 14.8 Å². The Morgan fingerprint density at radius 1 is 1.03 bits per heavy atom. The summed E-state index contributed by atoms with van der Waals surface area (Å²) in [4.78, 5) is 25.0. The number of hydrogen-bond donors (Lipinski definition) is 1. The predicted octanol–water partition coefficient (Wildman–Crippen LogP) is 4.08. The quantitative estimate of drug-likeness (QED) is 0.434. The number of unbranched alkanes of at least 4 members (excludes halogenated alkanes) is 1. The van der Waals surface area contributed by atoms with Gasteiger partial charge in [0.1, 0.15) is 5.75 Å². The van der Waals surface area contributed by atoms with Crippen molar-refractivity contribution in [3.05, 3.63) is 53.6 Å². The van der Waals surface area contributed by atoms with E-state index in [9.17, 15) is 18.0 Å². The van der Waals surface area contributed by atoms with Crippen molar-refractivity contribution < 1.29 is 27.5 Å². The van der Waals surface area contributed by atoms with E-state index < -0.39 is 21.9 Å². The van der Waals surface area contributed by atoms with Gasteiger partial charge in [-0.1, -0.05) is 19.8 Å². The maximum Gasteiger partial charge on any atom is 0.338 e. The molecular weight excluding hydrogens is 444 g/mol. The number of rotatable bonds is 9. The fourth-order valence-corrected chi connectivity index (χ4v) is 5.10. The number of nitrogens with one attached hydrogen (secondary N) is 1. The second-order valence-corrected chi connectivity index (χ2v) is 9.79. The number of esters is 1. The van der Waals surface area contributed by atoms with Crippen LogP contribution in [0.1, 0.15) is 59.7 Å². The van der Waals surface area contributed by atoms with Crippen LogP contribution in [-0.2, 0) is 14.8 Å². The number of methoxy groups -OCH3 is 1. The Morgan fingerprint density at radius 3 is 2.36 bits per heavy atom. The van der Waals surface area contributed by atoms with E-state index in [1.54, 1.807) is 24.3 Å². The number of ether oxygens (including phenoxy) is 2. The van der Waals surface area contributed by atoms with Crippen LogP contribution in [-0.4, -0.2) is 51.4 Å². The summed E-state index contributed by atoms with van der Waals surface area (Å²) >= 11 is 0. The molecule has 178 valence electrons. The molecule has 0 aliphatic carbocycles. The zero-order valence-electron chi connectivity index (χ0n) is 19.0. The van der Waals surface area contributed by atoms with Gasteiger partial charge in [0.25, 0.3) is 5.91 Å². The normalized spacial score (nSPS) is 14.5. The summed E-state index contributed by atoms with van der Waals surface area (Å²) < 4.78 is 38.0. The molecule has 3 rings (SSSR count). The predicted molar refractivity (Wildman–Crippen MR) is 125 cm³/mol. The summed E-state index contributed by atoms with van der Waals surface area (Å²) in [6.07, 6.45) is 4.39. The summed E-state index contributed by atoms with van der Waals surface area (Å²) in [5.74, 6) is -0.666. The van der Waals surface area contributed by atoms with Crippen LogP contribution in [0.3, 0.4) is 0 Å². The Morgan fingerprint density at radius 2 is 1.73 bits per heavy atom. The monoisotopic (exact) mass is 474 g/mol. The number of carbonyl (C=O) groups is 2. The first-order valence-corrected chi connectivity index (χ1v) is 12.6. The topological polar surface area (TPSA) is 102 Å². The SMILES string of the molecule is CCCCOC(=O)c1ccc(NC(=O)c2cc(S(=O)(=O)N3CCCCC3)ccc2OC)cc1. The molecule has 1 fully saturated rings. The summed E-state index contributed by atoms with van der Waals surface area (Å²) in [7, 11) is -2.27. The van der Waals surface area contributed by atoms with Crippen molar-refractivity contribution in [2.45, 2.75) is 43.9 Å². The Labute approximate surface area is 194 Å². The van der Waals surface area contributed by atoms with Crippen LogP contribution in [0.5, 0.6) is 5.75 Å². The number of piperidine rings is 1. The van der Waals surface area contributed by atoms with Crippen molar-refractivity contribution in [3.63, 3.8) is 0 Å². The molecule has 33 heavy (non-hydrogen) atoms. The molecule has 1 N–H and O–H groups in total. The maximum absolute atomic E-state index is 13.0. The van der Waals surface area contributed by atoms with Gasteiger partial charge in [0.15, 0.2) is 0 Å². The first-order valence-electron chi connectivity index (χ1n) is 11.1. The number of benzene rings is 2. The van der Waals surface area contributed by atoms with Gasteiger partial charge in [0.2, 0.25) is 10.0 Å². The zero-order chi connectivity index (χ0) is 23.8. The third-order valence-corrected chi connectivity index (χ3v) is 7.37. The van der Waals surface area contributed by atoms with E-state index in [4.69, 9.17) is 9.47 Å². The van der Waals surface area contributed by atoms with Gasteiger partial charge in [-0.05, 0) is 61.7 Å². The first-order chi connectivity index (χ1) is 15.9. The molecule has 1 amide bonds. The average Bonchev–Trinajstić information content (AvgIpc) is 2.84. The molecule has 0 saturated carbocycles. The molecule has 8 nitrogen and oxygen atoms in total. The van der Waals surface area contributed by atoms with Gasteiger partial charge in [-0.25, -0.2) is 13.2 Å². The lowest BCUT2D eigenvalue weighted by atomic mass is 10.1. The second-order valence-electron chi connectivity index (χ2n) is 7.85. The molecule has 0 atom stereocenters. The molecule has 1 aliphatic rings. The van der Waals surface area contributed by atoms with Gasteiger partial charge in [-0.3, -0.25) is 4.79 Å². The van der Waals surface area contributed by atoms with E-state index in [1.165, 1.54) is 29.6 Å². The number of nitrogens with zero attached hydrogens (tertiary/aromatic N) is 1. The number of hydrogen-bond acceptors (Lipinski definition) is 6. The number of carbonyl (C=O) groups excluding carboxylic acids is 2. The average molecular weight is 475 g/mol. The van der Waals surface area contributed by atoms with Crippen LogP contribution in [0, 0.1) is 0 Å². The van der Waals surface area contributed by atoms with Gasteiger partial charge in [0.05, 0.1) is 29.7 Å². The molecule has 0 unspecified atom stereocenters. The van der Waals surface area contributed by atoms with Crippen LogP contribution in [0.15, 0.2) is 47.4 Å². The van der Waals surface area contributed by atoms with E-state index >= 15 is 0 Å². The lowest BCUT2D eigenvalue weighted by molar-refractivity contribution is 0.0499. The zero-order valence-corrected chi connectivity index (χ0v) is 19.8. The van der Waals surface area contributed by atoms with Gasteiger partial charge >= 0.3 is 5.97 Å². The van der Waals surface area contributed by atoms with Crippen LogP contribution in [0.2, 0.25) is 0 Å². The van der Waals surface area contributed by atoms with E-state index in [0.29, 0.717) is 30.9 Å². The highest BCUT2D eigenvalue weighted by atomic mass is 32.2. The molecule has 1 saturated heterocycles. The van der Waals surface area contributed by atoms with E-state index in [-0.39, 0.29) is 16.2 Å². The fraction of sp³-hybridized carbons (Fsp3) is 0.417. The molecule has 1 heterocycles. The van der Waals surface area contributed by atoms with Gasteiger partial charge in [0, 0.05) is 18.8 Å². The van der Waals surface area contributed by atoms with Crippen molar-refractivity contribution in [2.24, 2.45) is 0 Å². The van der Waals surface area contributed by atoms with Crippen LogP contribution in [0.25, 0.3) is 0 Å². The van der Waals surface area contributed by atoms with Crippen molar-refractivity contribution in [1.29, 1.82) is 0 Å². The van der Waals surface area contributed by atoms with Crippen molar-refractivity contribution in [2.75, 3.05) is 32.1 Å². The molecule has 2 aromatic carbocycles. The molecular formula is C24H30N2O6S. The number of anilines is 1. The Hall–Kier alpha value is -2.91. The molecule has 0 spiro atoms. The lowest BCUT2D eigenvalue weighted by Crippen LogP contribution is -2.35. The minimum absolute atomic E-state index is 0.0560. The first kappa shape index (κ1) is 24.7. The summed E-state index contributed by atoms with van der Waals surface area (Å²) in [5.41, 5.74) is 0.950. The molecule has 1 aliphatic heterocycles. The third kappa shape index (κ3) is 6.11. The Bertz CT molecular complexity index is 1080. The highest BCUT2D eigenvalue weighted by Gasteiger charge is 2.27. The van der Waals surface area contributed by atoms with Crippen LogP contribution < -0.4 is 10.1 Å². The highest BCUT2D eigenvalue weighted by Crippen LogP contribution is 2.27. The summed E-state index contributed by atoms with van der Waals surface area (Å²) in [5, 5.41) is 2.73. The number of amides is 1. The minimum atomic E-state index is -3.69. The van der Waals surface area contributed by atoms with E-state index in [2.05, 4.69) is 5.32 Å².